The maximum atomic E-state index is 12.8. The number of carbonyl (C=O) groups is 2. The second kappa shape index (κ2) is 7.72. The van der Waals surface area contributed by atoms with Gasteiger partial charge in [-0.3, -0.25) is 4.79 Å². The van der Waals surface area contributed by atoms with Gasteiger partial charge < -0.3 is 20.4 Å². The van der Waals surface area contributed by atoms with E-state index in [1.807, 2.05) is 38.1 Å². The van der Waals surface area contributed by atoms with E-state index >= 15 is 0 Å². The number of amides is 2. The fraction of sp³-hybridized carbons (Fsp3) is 0.421. The number of ether oxygens (including phenoxy) is 1. The Morgan fingerprint density at radius 1 is 1.26 bits per heavy atom. The lowest BCUT2D eigenvalue weighted by molar-refractivity contribution is -0.125. The molecular weight excluding hydrogens is 412 g/mol. The monoisotopic (exact) mass is 434 g/mol. The molecule has 1 atom stereocenters. The van der Waals surface area contributed by atoms with Crippen LogP contribution in [0.4, 0.5) is 4.79 Å². The van der Waals surface area contributed by atoms with Crippen molar-refractivity contribution in [1.82, 2.24) is 20.6 Å². The van der Waals surface area contributed by atoms with Gasteiger partial charge in [0.1, 0.15) is 11.9 Å². The first-order valence-corrected chi connectivity index (χ1v) is 9.62. The van der Waals surface area contributed by atoms with Crippen molar-refractivity contribution in [3.8, 4) is 11.3 Å². The summed E-state index contributed by atoms with van der Waals surface area (Å²) in [6.07, 6.45) is 2.76. The SMILES string of the molecule is COC(=O)NC(C(=O)NC1(c2ncc(-c3ccc(Br)cc3)[nH]2)CC1)C(C)C. The van der Waals surface area contributed by atoms with Gasteiger partial charge >= 0.3 is 6.09 Å². The third-order valence-electron chi connectivity index (χ3n) is 4.70. The lowest BCUT2D eigenvalue weighted by Gasteiger charge is -2.24. The number of nitrogens with one attached hydrogen (secondary N) is 3. The van der Waals surface area contributed by atoms with Gasteiger partial charge in [0, 0.05) is 4.47 Å². The predicted molar refractivity (Wildman–Crippen MR) is 105 cm³/mol. The highest BCUT2D eigenvalue weighted by atomic mass is 79.9. The number of halogens is 1. The smallest absolute Gasteiger partial charge is 0.407 e. The van der Waals surface area contributed by atoms with E-state index < -0.39 is 17.7 Å². The molecule has 1 heterocycles. The van der Waals surface area contributed by atoms with Crippen LogP contribution in [0.3, 0.4) is 0 Å². The van der Waals surface area contributed by atoms with Crippen LogP contribution in [0.15, 0.2) is 34.9 Å². The number of benzene rings is 1. The lowest BCUT2D eigenvalue weighted by Crippen LogP contribution is -2.52. The average Bonchev–Trinajstić information content (AvgIpc) is 3.24. The van der Waals surface area contributed by atoms with E-state index in [4.69, 9.17) is 0 Å². The van der Waals surface area contributed by atoms with Crippen LogP contribution in [0, 0.1) is 5.92 Å². The number of hydrogen-bond donors (Lipinski definition) is 3. The first-order valence-electron chi connectivity index (χ1n) is 8.82. The Morgan fingerprint density at radius 3 is 2.48 bits per heavy atom. The minimum absolute atomic E-state index is 0.0742. The van der Waals surface area contributed by atoms with Gasteiger partial charge in [0.2, 0.25) is 5.91 Å². The Morgan fingerprint density at radius 2 is 1.93 bits per heavy atom. The molecule has 7 nitrogen and oxygen atoms in total. The predicted octanol–water partition coefficient (Wildman–Crippen LogP) is 3.33. The fourth-order valence-corrected chi connectivity index (χ4v) is 3.19. The molecular formula is C19H23BrN4O3. The first-order chi connectivity index (χ1) is 12.8. The van der Waals surface area contributed by atoms with Crippen LogP contribution in [0.5, 0.6) is 0 Å². The molecule has 1 aliphatic rings. The minimum atomic E-state index is -0.671. The van der Waals surface area contributed by atoms with E-state index in [0.717, 1.165) is 34.4 Å². The number of alkyl carbamates (subject to hydrolysis) is 1. The van der Waals surface area contributed by atoms with Crippen LogP contribution in [0.1, 0.15) is 32.5 Å². The van der Waals surface area contributed by atoms with Crippen molar-refractivity contribution >= 4 is 27.9 Å². The molecule has 2 amide bonds. The normalized spacial score (nSPS) is 15.9. The molecule has 8 heteroatoms. The van der Waals surface area contributed by atoms with Crippen molar-refractivity contribution in [3.05, 3.63) is 40.8 Å². The molecule has 0 aliphatic heterocycles. The number of imidazole rings is 1. The van der Waals surface area contributed by atoms with Crippen LogP contribution < -0.4 is 10.6 Å². The molecule has 0 radical (unpaired) electrons. The zero-order valence-electron chi connectivity index (χ0n) is 15.5. The number of hydrogen-bond acceptors (Lipinski definition) is 4. The van der Waals surface area contributed by atoms with Gasteiger partial charge in [0.25, 0.3) is 0 Å². The quantitative estimate of drug-likeness (QED) is 0.649. The highest BCUT2D eigenvalue weighted by Crippen LogP contribution is 2.44. The highest BCUT2D eigenvalue weighted by molar-refractivity contribution is 9.10. The lowest BCUT2D eigenvalue weighted by atomic mass is 10.0. The van der Waals surface area contributed by atoms with Gasteiger partial charge in [-0.25, -0.2) is 9.78 Å². The maximum Gasteiger partial charge on any atom is 0.407 e. The van der Waals surface area contributed by atoms with Crippen molar-refractivity contribution in [2.75, 3.05) is 7.11 Å². The molecule has 0 bridgehead atoms. The summed E-state index contributed by atoms with van der Waals surface area (Å²) < 4.78 is 5.63. The van der Waals surface area contributed by atoms with Crippen LogP contribution >= 0.6 is 15.9 Å². The Labute approximate surface area is 166 Å². The van der Waals surface area contributed by atoms with Crippen molar-refractivity contribution in [3.63, 3.8) is 0 Å². The number of aromatic nitrogens is 2. The molecule has 3 rings (SSSR count). The standard InChI is InChI=1S/C19H23BrN4O3/c1-11(2)15(23-18(26)27-3)16(25)24-19(8-9-19)17-21-10-14(22-17)12-4-6-13(20)7-5-12/h4-7,10-11,15H,8-9H2,1-3H3,(H,21,22)(H,23,26)(H,24,25). The molecule has 27 heavy (non-hydrogen) atoms. The molecule has 3 N–H and O–H groups in total. The molecule has 144 valence electrons. The minimum Gasteiger partial charge on any atom is -0.453 e. The Kier molecular flexibility index (Phi) is 5.55. The summed E-state index contributed by atoms with van der Waals surface area (Å²) >= 11 is 3.43. The molecule has 1 saturated carbocycles. The first kappa shape index (κ1) is 19.4. The van der Waals surface area contributed by atoms with Crippen molar-refractivity contribution in [2.45, 2.75) is 38.3 Å². The Balaban J connectivity index is 1.74. The van der Waals surface area contributed by atoms with Gasteiger partial charge in [0.05, 0.1) is 24.5 Å². The van der Waals surface area contributed by atoms with Crippen LogP contribution in [0.25, 0.3) is 11.3 Å². The summed E-state index contributed by atoms with van der Waals surface area (Å²) in [4.78, 5) is 32.1. The van der Waals surface area contributed by atoms with Gasteiger partial charge in [-0.05, 0) is 36.5 Å². The zero-order valence-corrected chi connectivity index (χ0v) is 17.1. The largest absolute Gasteiger partial charge is 0.453 e. The molecule has 1 aromatic heterocycles. The van der Waals surface area contributed by atoms with Crippen molar-refractivity contribution in [2.24, 2.45) is 5.92 Å². The second-order valence-corrected chi connectivity index (χ2v) is 8.00. The van der Waals surface area contributed by atoms with Crippen molar-refractivity contribution in [1.29, 1.82) is 0 Å². The average molecular weight is 435 g/mol. The van der Waals surface area contributed by atoms with Gasteiger partial charge in [-0.2, -0.15) is 0 Å². The van der Waals surface area contributed by atoms with E-state index in [1.165, 1.54) is 7.11 Å². The van der Waals surface area contributed by atoms with E-state index in [1.54, 1.807) is 6.20 Å². The zero-order chi connectivity index (χ0) is 19.6. The number of methoxy groups -OCH3 is 1. The van der Waals surface area contributed by atoms with Gasteiger partial charge in [-0.1, -0.05) is 41.9 Å². The summed E-state index contributed by atoms with van der Waals surface area (Å²) in [6.45, 7) is 3.75. The highest BCUT2D eigenvalue weighted by Gasteiger charge is 2.49. The molecule has 0 spiro atoms. The maximum absolute atomic E-state index is 12.8. The van der Waals surface area contributed by atoms with Gasteiger partial charge in [0.15, 0.2) is 0 Å². The molecule has 1 fully saturated rings. The van der Waals surface area contributed by atoms with E-state index in [0.29, 0.717) is 0 Å². The van der Waals surface area contributed by atoms with E-state index in [2.05, 4.69) is 41.3 Å². The summed E-state index contributed by atoms with van der Waals surface area (Å²) in [5.41, 5.74) is 1.41. The number of rotatable bonds is 6. The number of carbonyl (C=O) groups excluding carboxylic acids is 2. The number of aromatic amines is 1. The van der Waals surface area contributed by atoms with Crippen LogP contribution in [0.2, 0.25) is 0 Å². The van der Waals surface area contributed by atoms with E-state index in [9.17, 15) is 9.59 Å². The Hall–Kier alpha value is -2.35. The topological polar surface area (TPSA) is 96.1 Å². The Bertz CT molecular complexity index is 828. The molecule has 1 aliphatic carbocycles. The summed E-state index contributed by atoms with van der Waals surface area (Å²) in [6, 6.07) is 7.26. The van der Waals surface area contributed by atoms with Crippen LogP contribution in [-0.4, -0.2) is 35.1 Å². The van der Waals surface area contributed by atoms with Gasteiger partial charge in [-0.15, -0.1) is 0 Å². The number of nitrogens with zero attached hydrogens (tertiary/aromatic N) is 1. The molecule has 1 unspecified atom stereocenters. The molecule has 2 aromatic rings. The molecule has 0 saturated heterocycles. The number of H-pyrrole nitrogens is 1. The second-order valence-electron chi connectivity index (χ2n) is 7.08. The third-order valence-corrected chi connectivity index (χ3v) is 5.23. The van der Waals surface area contributed by atoms with Crippen molar-refractivity contribution < 1.29 is 14.3 Å². The summed E-state index contributed by atoms with van der Waals surface area (Å²) in [7, 11) is 1.28. The fourth-order valence-electron chi connectivity index (χ4n) is 2.92. The van der Waals surface area contributed by atoms with Crippen LogP contribution in [-0.2, 0) is 15.1 Å². The molecule has 1 aromatic carbocycles. The third kappa shape index (κ3) is 4.32. The summed E-state index contributed by atoms with van der Waals surface area (Å²) in [5, 5.41) is 5.65. The summed E-state index contributed by atoms with van der Waals surface area (Å²) in [5.74, 6) is 0.415. The van der Waals surface area contributed by atoms with E-state index in [-0.39, 0.29) is 11.8 Å².